The van der Waals surface area contributed by atoms with Crippen LogP contribution < -0.4 is 10.6 Å². The van der Waals surface area contributed by atoms with Crippen molar-refractivity contribution >= 4 is 57.0 Å². The monoisotopic (exact) mass is 443 g/mol. The van der Waals surface area contributed by atoms with Crippen LogP contribution in [0.1, 0.15) is 36.7 Å². The van der Waals surface area contributed by atoms with Gasteiger partial charge in [-0.1, -0.05) is 29.3 Å². The number of anilines is 2. The van der Waals surface area contributed by atoms with Crippen molar-refractivity contribution in [3.63, 3.8) is 0 Å². The summed E-state index contributed by atoms with van der Waals surface area (Å²) in [6.07, 6.45) is 0. The fourth-order valence-corrected chi connectivity index (χ4v) is 4.14. The number of nitrogens with one attached hydrogen (secondary N) is 2. The molecule has 2 amide bonds. The Kier molecular flexibility index (Phi) is 6.23. The van der Waals surface area contributed by atoms with Crippen molar-refractivity contribution in [2.24, 2.45) is 0 Å². The Balaban J connectivity index is 1.79. The van der Waals surface area contributed by atoms with Gasteiger partial charge in [-0.05, 0) is 55.8 Å². The Hall–Kier alpha value is -2.85. The quantitative estimate of drug-likeness (QED) is 0.514. The number of amides is 2. The van der Waals surface area contributed by atoms with E-state index in [-0.39, 0.29) is 16.5 Å². The number of benzene rings is 2. The second kappa shape index (κ2) is 8.66. The molecule has 0 saturated heterocycles. The number of hydrogen-bond donors (Lipinski definition) is 2. The maximum absolute atomic E-state index is 12.6. The van der Waals surface area contributed by atoms with E-state index < -0.39 is 5.91 Å². The van der Waals surface area contributed by atoms with Crippen LogP contribution in [0.3, 0.4) is 0 Å². The van der Waals surface area contributed by atoms with Crippen LogP contribution in [-0.2, 0) is 0 Å². The molecule has 0 atom stereocenters. The molecule has 2 aromatic carbocycles. The smallest absolute Gasteiger partial charge is 0.257 e. The van der Waals surface area contributed by atoms with Gasteiger partial charge in [-0.25, -0.2) is 0 Å². The summed E-state index contributed by atoms with van der Waals surface area (Å²) < 4.78 is 0. The van der Waals surface area contributed by atoms with E-state index in [1.807, 2.05) is 13.8 Å². The highest BCUT2D eigenvalue weighted by molar-refractivity contribution is 7.16. The van der Waals surface area contributed by atoms with Crippen molar-refractivity contribution < 1.29 is 9.59 Å². The van der Waals surface area contributed by atoms with Gasteiger partial charge in [-0.15, -0.1) is 11.3 Å². The Morgan fingerprint density at radius 3 is 2.48 bits per heavy atom. The van der Waals surface area contributed by atoms with Gasteiger partial charge in [-0.3, -0.25) is 9.59 Å². The summed E-state index contributed by atoms with van der Waals surface area (Å²) >= 11 is 13.3. The molecular weight excluding hydrogens is 429 g/mol. The number of hydrogen-bond acceptors (Lipinski definition) is 4. The van der Waals surface area contributed by atoms with E-state index in [0.29, 0.717) is 26.8 Å². The van der Waals surface area contributed by atoms with Crippen molar-refractivity contribution in [1.29, 1.82) is 5.26 Å². The Morgan fingerprint density at radius 2 is 1.79 bits per heavy atom. The van der Waals surface area contributed by atoms with Gasteiger partial charge in [0.25, 0.3) is 11.8 Å². The molecule has 8 heteroatoms. The van der Waals surface area contributed by atoms with Crippen LogP contribution in [0, 0.1) is 25.2 Å². The molecule has 0 radical (unpaired) electrons. The summed E-state index contributed by atoms with van der Waals surface area (Å²) in [5.74, 6) is -0.788. The van der Waals surface area contributed by atoms with E-state index in [1.54, 1.807) is 30.3 Å². The summed E-state index contributed by atoms with van der Waals surface area (Å²) in [7, 11) is 0. The van der Waals surface area contributed by atoms with E-state index in [4.69, 9.17) is 23.2 Å². The number of nitrogens with zero attached hydrogens (tertiary/aromatic N) is 1. The fraction of sp³-hybridized carbons (Fsp3) is 0.0952. The van der Waals surface area contributed by atoms with Crippen LogP contribution >= 0.6 is 34.5 Å². The minimum absolute atomic E-state index is 0.233. The molecule has 146 valence electrons. The first-order chi connectivity index (χ1) is 13.8. The predicted molar refractivity (Wildman–Crippen MR) is 117 cm³/mol. The molecule has 3 aromatic rings. The molecule has 29 heavy (non-hydrogen) atoms. The van der Waals surface area contributed by atoms with Crippen LogP contribution in [0.5, 0.6) is 0 Å². The van der Waals surface area contributed by atoms with Crippen molar-refractivity contribution in [2.45, 2.75) is 13.8 Å². The zero-order valence-electron chi connectivity index (χ0n) is 15.5. The molecule has 0 fully saturated rings. The average Bonchev–Trinajstić information content (AvgIpc) is 2.94. The first kappa shape index (κ1) is 20.9. The van der Waals surface area contributed by atoms with Crippen molar-refractivity contribution in [2.75, 3.05) is 10.6 Å². The number of carbonyl (C=O) groups is 2. The lowest BCUT2D eigenvalue weighted by atomic mass is 10.1. The van der Waals surface area contributed by atoms with Crippen molar-refractivity contribution in [1.82, 2.24) is 0 Å². The predicted octanol–water partition coefficient (Wildman–Crippen LogP) is 6.05. The lowest BCUT2D eigenvalue weighted by Gasteiger charge is -2.09. The normalized spacial score (nSPS) is 10.3. The number of nitriles is 1. The zero-order chi connectivity index (χ0) is 21.1. The molecule has 0 saturated carbocycles. The summed E-state index contributed by atoms with van der Waals surface area (Å²) in [4.78, 5) is 26.1. The molecule has 2 N–H and O–H groups in total. The third-order valence-electron chi connectivity index (χ3n) is 4.28. The minimum Gasteiger partial charge on any atom is -0.322 e. The van der Waals surface area contributed by atoms with Gasteiger partial charge in [0.1, 0.15) is 11.1 Å². The molecule has 1 heterocycles. The van der Waals surface area contributed by atoms with Crippen LogP contribution in [0.2, 0.25) is 10.0 Å². The standard InChI is InChI=1S/C21H15Cl2N3O2S/c1-11-12(2)29-21(17(11)10-24)26-19(27)13-4-3-5-15(8-13)25-20(28)16-7-6-14(22)9-18(16)23/h3-9H,1-2H3,(H,25,28)(H,26,27). The number of carbonyl (C=O) groups excluding carboxylic acids is 2. The van der Waals surface area contributed by atoms with E-state index in [1.165, 1.54) is 23.5 Å². The summed E-state index contributed by atoms with van der Waals surface area (Å²) in [6.45, 7) is 3.74. The van der Waals surface area contributed by atoms with Gasteiger partial charge in [0.2, 0.25) is 0 Å². The van der Waals surface area contributed by atoms with Crippen molar-refractivity contribution in [3.8, 4) is 6.07 Å². The highest BCUT2D eigenvalue weighted by Gasteiger charge is 2.16. The highest BCUT2D eigenvalue weighted by Crippen LogP contribution is 2.32. The third kappa shape index (κ3) is 4.60. The van der Waals surface area contributed by atoms with Gasteiger partial charge < -0.3 is 10.6 Å². The molecule has 0 aliphatic heterocycles. The average molecular weight is 444 g/mol. The van der Waals surface area contributed by atoms with E-state index in [2.05, 4.69) is 16.7 Å². The molecule has 0 unspecified atom stereocenters. The second-order valence-corrected chi connectivity index (χ2v) is 8.28. The van der Waals surface area contributed by atoms with Crippen LogP contribution in [-0.4, -0.2) is 11.8 Å². The fourth-order valence-electron chi connectivity index (χ4n) is 2.64. The van der Waals surface area contributed by atoms with Gasteiger partial charge in [0, 0.05) is 21.2 Å². The van der Waals surface area contributed by atoms with E-state index in [0.717, 1.165) is 10.4 Å². The Morgan fingerprint density at radius 1 is 1.03 bits per heavy atom. The van der Waals surface area contributed by atoms with Gasteiger partial charge in [0.05, 0.1) is 16.1 Å². The van der Waals surface area contributed by atoms with Crippen LogP contribution in [0.4, 0.5) is 10.7 Å². The van der Waals surface area contributed by atoms with Gasteiger partial charge >= 0.3 is 0 Å². The molecule has 0 bridgehead atoms. The number of aryl methyl sites for hydroxylation is 1. The molecular formula is C21H15Cl2N3O2S. The van der Waals surface area contributed by atoms with Crippen LogP contribution in [0.25, 0.3) is 0 Å². The molecule has 0 aliphatic carbocycles. The lowest BCUT2D eigenvalue weighted by Crippen LogP contribution is -2.15. The highest BCUT2D eigenvalue weighted by atomic mass is 35.5. The first-order valence-corrected chi connectivity index (χ1v) is 10.0. The summed E-state index contributed by atoms with van der Waals surface area (Å²) in [6, 6.07) is 13.2. The third-order valence-corrected chi connectivity index (χ3v) is 5.95. The molecule has 0 aliphatic rings. The minimum atomic E-state index is -0.416. The molecule has 3 rings (SSSR count). The van der Waals surface area contributed by atoms with Gasteiger partial charge in [0.15, 0.2) is 0 Å². The van der Waals surface area contributed by atoms with Crippen LogP contribution in [0.15, 0.2) is 42.5 Å². The molecule has 1 aromatic heterocycles. The van der Waals surface area contributed by atoms with Gasteiger partial charge in [-0.2, -0.15) is 5.26 Å². The summed E-state index contributed by atoms with van der Waals surface area (Å²) in [5.41, 5.74) is 2.37. The topological polar surface area (TPSA) is 82.0 Å². The SMILES string of the molecule is Cc1sc(NC(=O)c2cccc(NC(=O)c3ccc(Cl)cc3Cl)c2)c(C#N)c1C. The lowest BCUT2D eigenvalue weighted by molar-refractivity contribution is 0.101. The second-order valence-electron chi connectivity index (χ2n) is 6.21. The van der Waals surface area contributed by atoms with E-state index in [9.17, 15) is 14.9 Å². The Bertz CT molecular complexity index is 1170. The van der Waals surface area contributed by atoms with E-state index >= 15 is 0 Å². The zero-order valence-corrected chi connectivity index (χ0v) is 17.8. The number of halogens is 2. The first-order valence-electron chi connectivity index (χ1n) is 8.48. The molecule has 0 spiro atoms. The Labute approximate surface area is 181 Å². The maximum Gasteiger partial charge on any atom is 0.257 e. The van der Waals surface area contributed by atoms with Crippen molar-refractivity contribution in [3.05, 3.63) is 79.6 Å². The summed E-state index contributed by atoms with van der Waals surface area (Å²) in [5, 5.41) is 16.0. The number of rotatable bonds is 4. The maximum atomic E-state index is 12.6. The number of thiophene rings is 1. The largest absolute Gasteiger partial charge is 0.322 e. The molecule has 5 nitrogen and oxygen atoms in total.